The van der Waals surface area contributed by atoms with E-state index in [9.17, 15) is 0 Å². The number of rotatable bonds is 9. The second-order valence-corrected chi connectivity index (χ2v) is 10.4. The van der Waals surface area contributed by atoms with Gasteiger partial charge in [0, 0.05) is 24.4 Å². The van der Waals surface area contributed by atoms with Gasteiger partial charge in [-0.15, -0.1) is 0 Å². The largest absolute Gasteiger partial charge is 0.371 e. The van der Waals surface area contributed by atoms with Gasteiger partial charge in [-0.3, -0.25) is 0 Å². The third kappa shape index (κ3) is 5.47. The lowest BCUT2D eigenvalue weighted by Crippen LogP contribution is -2.27. The molecule has 0 aliphatic heterocycles. The molecule has 0 heterocycles. The van der Waals surface area contributed by atoms with Gasteiger partial charge in [0.1, 0.15) is 0 Å². The summed E-state index contributed by atoms with van der Waals surface area (Å²) in [6.07, 6.45) is 0. The molecule has 4 aromatic carbocycles. The molecule has 3 atom stereocenters. The van der Waals surface area contributed by atoms with E-state index in [-0.39, 0.29) is 11.8 Å². The summed E-state index contributed by atoms with van der Waals surface area (Å²) in [6.45, 7) is 14.2. The molecule has 0 aliphatic carbocycles. The van der Waals surface area contributed by atoms with Crippen molar-refractivity contribution in [3.8, 4) is 0 Å². The van der Waals surface area contributed by atoms with Crippen LogP contribution in [0.2, 0.25) is 0 Å². The second-order valence-electron chi connectivity index (χ2n) is 10.4. The lowest BCUT2D eigenvalue weighted by Gasteiger charge is -2.35. The van der Waals surface area contributed by atoms with Crippen LogP contribution in [0.5, 0.6) is 0 Å². The molecule has 1 heteroatoms. The van der Waals surface area contributed by atoms with Crippen molar-refractivity contribution in [3.63, 3.8) is 0 Å². The molecule has 3 unspecified atom stereocenters. The molecule has 0 fully saturated rings. The highest BCUT2D eigenvalue weighted by molar-refractivity contribution is 5.52. The monoisotopic (exact) mass is 476 g/mol. The van der Waals surface area contributed by atoms with Gasteiger partial charge < -0.3 is 4.74 Å². The summed E-state index contributed by atoms with van der Waals surface area (Å²) in [7, 11) is 0. The van der Waals surface area contributed by atoms with Crippen molar-refractivity contribution in [2.45, 2.75) is 64.9 Å². The van der Waals surface area contributed by atoms with Crippen LogP contribution in [0.15, 0.2) is 103 Å². The minimum Gasteiger partial charge on any atom is -0.371 e. The molecule has 0 amide bonds. The van der Waals surface area contributed by atoms with Crippen LogP contribution in [-0.4, -0.2) is 6.61 Å². The minimum atomic E-state index is -0.417. The van der Waals surface area contributed by atoms with Gasteiger partial charge in [0.05, 0.1) is 5.60 Å². The molecule has 0 spiro atoms. The third-order valence-electron chi connectivity index (χ3n) is 7.66. The zero-order valence-corrected chi connectivity index (χ0v) is 22.7. The van der Waals surface area contributed by atoms with Gasteiger partial charge in [-0.2, -0.15) is 0 Å². The number of benzene rings is 4. The summed E-state index contributed by atoms with van der Waals surface area (Å²) >= 11 is 0. The van der Waals surface area contributed by atoms with Crippen molar-refractivity contribution in [3.05, 3.63) is 142 Å². The van der Waals surface area contributed by atoms with Crippen LogP contribution in [-0.2, 0) is 10.3 Å². The Morgan fingerprint density at radius 1 is 0.556 bits per heavy atom. The van der Waals surface area contributed by atoms with Gasteiger partial charge in [0.25, 0.3) is 0 Å². The zero-order valence-electron chi connectivity index (χ0n) is 22.7. The topological polar surface area (TPSA) is 9.23 Å². The Kier molecular flexibility index (Phi) is 8.11. The zero-order chi connectivity index (χ0) is 25.7. The van der Waals surface area contributed by atoms with Gasteiger partial charge in [-0.1, -0.05) is 124 Å². The fraction of sp³-hybridized carbons (Fsp3) is 0.314. The molecule has 36 heavy (non-hydrogen) atoms. The van der Waals surface area contributed by atoms with Crippen LogP contribution in [0.1, 0.15) is 98.2 Å². The van der Waals surface area contributed by atoms with Crippen LogP contribution < -0.4 is 0 Å². The highest BCUT2D eigenvalue weighted by Crippen LogP contribution is 2.43. The molecule has 4 aromatic rings. The van der Waals surface area contributed by atoms with Crippen molar-refractivity contribution in [1.82, 2.24) is 0 Å². The normalized spacial score (nSPS) is 14.3. The highest BCUT2D eigenvalue weighted by atomic mass is 16.5. The number of ether oxygens (including phenoxy) is 1. The maximum atomic E-state index is 6.45. The van der Waals surface area contributed by atoms with Crippen molar-refractivity contribution in [1.29, 1.82) is 0 Å². The molecule has 0 bridgehead atoms. The fourth-order valence-electron chi connectivity index (χ4n) is 5.55. The van der Waals surface area contributed by atoms with Gasteiger partial charge in [-0.05, 0) is 59.7 Å². The molecule has 0 saturated carbocycles. The smallest absolute Gasteiger partial charge is 0.0880 e. The molecule has 4 rings (SSSR count). The van der Waals surface area contributed by atoms with E-state index in [1.54, 1.807) is 0 Å². The Bertz CT molecular complexity index is 1180. The van der Waals surface area contributed by atoms with E-state index in [0.717, 1.165) is 0 Å². The Morgan fingerprint density at radius 3 is 1.28 bits per heavy atom. The number of hydrogen-bond donors (Lipinski definition) is 0. The predicted molar refractivity (Wildman–Crippen MR) is 153 cm³/mol. The number of hydrogen-bond acceptors (Lipinski definition) is 1. The summed E-state index contributed by atoms with van der Waals surface area (Å²) in [4.78, 5) is 0. The molecule has 0 N–H and O–H groups in total. The van der Waals surface area contributed by atoms with Crippen LogP contribution >= 0.6 is 0 Å². The maximum absolute atomic E-state index is 6.45. The molecular formula is C35H40O. The standard InChI is InChI=1S/C35H40O/c1-7-36-35(5,6)34-32(26(3)29-19-13-9-14-20-29)23-31(25(2)28-17-11-8-12-18-28)24-33(34)27(4)30-21-15-10-16-22-30/h8-27H,7H2,1-6H3. The molecular weight excluding hydrogens is 436 g/mol. The Labute approximate surface area is 218 Å². The van der Waals surface area contributed by atoms with E-state index >= 15 is 0 Å². The summed E-state index contributed by atoms with van der Waals surface area (Å²) in [5.74, 6) is 0.773. The lowest BCUT2D eigenvalue weighted by molar-refractivity contribution is -0.0155. The fourth-order valence-corrected chi connectivity index (χ4v) is 5.55. The molecule has 0 aliphatic rings. The van der Waals surface area contributed by atoms with Crippen molar-refractivity contribution in [2.75, 3.05) is 6.61 Å². The SMILES string of the molecule is CCOC(C)(C)c1c(C(C)c2ccccc2)cc(C(C)c2ccccc2)cc1C(C)c1ccccc1. The Hall–Kier alpha value is -3.16. The van der Waals surface area contributed by atoms with Crippen molar-refractivity contribution in [2.24, 2.45) is 0 Å². The minimum absolute atomic E-state index is 0.241. The third-order valence-corrected chi connectivity index (χ3v) is 7.66. The van der Waals surface area contributed by atoms with E-state index in [2.05, 4.69) is 145 Å². The van der Waals surface area contributed by atoms with E-state index in [0.29, 0.717) is 12.5 Å². The summed E-state index contributed by atoms with van der Waals surface area (Å²) < 4.78 is 6.45. The molecule has 0 aromatic heterocycles. The van der Waals surface area contributed by atoms with Crippen LogP contribution in [0, 0.1) is 0 Å². The van der Waals surface area contributed by atoms with Crippen molar-refractivity contribution < 1.29 is 4.74 Å². The first-order valence-corrected chi connectivity index (χ1v) is 13.3. The van der Waals surface area contributed by atoms with Crippen LogP contribution in [0.25, 0.3) is 0 Å². The summed E-state index contributed by atoms with van der Waals surface area (Å²) in [5.41, 5.74) is 8.97. The van der Waals surface area contributed by atoms with E-state index in [1.807, 2.05) is 0 Å². The lowest BCUT2D eigenvalue weighted by atomic mass is 9.74. The second kappa shape index (κ2) is 11.3. The van der Waals surface area contributed by atoms with Gasteiger partial charge in [0.2, 0.25) is 0 Å². The summed E-state index contributed by atoms with van der Waals surface area (Å²) in [5, 5.41) is 0. The van der Waals surface area contributed by atoms with Crippen LogP contribution in [0.3, 0.4) is 0 Å². The molecule has 1 nitrogen and oxygen atoms in total. The average Bonchev–Trinajstić information content (AvgIpc) is 2.92. The summed E-state index contributed by atoms with van der Waals surface area (Å²) in [6, 6.07) is 37.5. The maximum Gasteiger partial charge on any atom is 0.0880 e. The quantitative estimate of drug-likeness (QED) is 0.234. The van der Waals surface area contributed by atoms with Crippen LogP contribution in [0.4, 0.5) is 0 Å². The van der Waals surface area contributed by atoms with Gasteiger partial charge in [0.15, 0.2) is 0 Å². The molecule has 0 radical (unpaired) electrons. The first-order chi connectivity index (χ1) is 17.3. The van der Waals surface area contributed by atoms with Gasteiger partial charge in [-0.25, -0.2) is 0 Å². The van der Waals surface area contributed by atoms with E-state index in [1.165, 1.54) is 38.9 Å². The Balaban J connectivity index is 2.00. The Morgan fingerprint density at radius 2 is 0.917 bits per heavy atom. The first kappa shape index (κ1) is 25.9. The predicted octanol–water partition coefficient (Wildman–Crippen LogP) is 9.41. The molecule has 186 valence electrons. The van der Waals surface area contributed by atoms with E-state index in [4.69, 9.17) is 4.74 Å². The van der Waals surface area contributed by atoms with E-state index < -0.39 is 5.60 Å². The first-order valence-electron chi connectivity index (χ1n) is 13.3. The average molecular weight is 477 g/mol. The van der Waals surface area contributed by atoms with Gasteiger partial charge >= 0.3 is 0 Å². The van der Waals surface area contributed by atoms with Crippen molar-refractivity contribution >= 4 is 0 Å². The molecule has 0 saturated heterocycles. The highest BCUT2D eigenvalue weighted by Gasteiger charge is 2.32.